The largest absolute Gasteiger partial charge is 0.497 e. The fraction of sp³-hybridized carbons (Fsp3) is 0.143. The molecule has 0 spiro atoms. The summed E-state index contributed by atoms with van der Waals surface area (Å²) in [5.41, 5.74) is 2.49. The van der Waals surface area contributed by atoms with Gasteiger partial charge in [0.05, 0.1) is 39.2 Å². The van der Waals surface area contributed by atoms with Crippen LogP contribution >= 0.6 is 27.3 Å². The van der Waals surface area contributed by atoms with Crippen molar-refractivity contribution < 1.29 is 18.7 Å². The summed E-state index contributed by atoms with van der Waals surface area (Å²) < 4.78 is 27.9. The molecule has 1 N–H and O–H groups in total. The first-order valence-electron chi connectivity index (χ1n) is 11.5. The minimum absolute atomic E-state index is 0.171. The molecule has 0 unspecified atom stereocenters. The van der Waals surface area contributed by atoms with Crippen LogP contribution in [0.5, 0.6) is 11.5 Å². The van der Waals surface area contributed by atoms with Gasteiger partial charge in [0.25, 0.3) is 5.91 Å². The van der Waals surface area contributed by atoms with Gasteiger partial charge in [0.2, 0.25) is 0 Å². The van der Waals surface area contributed by atoms with Crippen LogP contribution in [-0.4, -0.2) is 28.8 Å². The van der Waals surface area contributed by atoms with Gasteiger partial charge in [-0.05, 0) is 95.1 Å². The van der Waals surface area contributed by atoms with Crippen LogP contribution in [0.3, 0.4) is 0 Å². The Hall–Kier alpha value is -3.69. The average molecular weight is 580 g/mol. The Bertz CT molecular complexity index is 1550. The molecule has 0 aliphatic carbocycles. The van der Waals surface area contributed by atoms with Crippen LogP contribution in [0.4, 0.5) is 4.39 Å². The molecule has 2 aromatic heterocycles. The summed E-state index contributed by atoms with van der Waals surface area (Å²) in [6, 6.07) is 22.7. The maximum absolute atomic E-state index is 13.4. The topological polar surface area (TPSA) is 65.4 Å². The second-order valence-electron chi connectivity index (χ2n) is 8.43. The molecule has 9 heteroatoms. The van der Waals surface area contributed by atoms with Crippen LogP contribution in [0.1, 0.15) is 28.3 Å². The van der Waals surface area contributed by atoms with Crippen molar-refractivity contribution in [2.24, 2.45) is 0 Å². The number of aromatic nitrogens is 2. The number of amides is 1. The highest BCUT2D eigenvalue weighted by Crippen LogP contribution is 2.31. The molecule has 0 saturated carbocycles. The molecular weight excluding hydrogens is 557 g/mol. The number of fused-ring (bicyclic) bond motifs is 1. The summed E-state index contributed by atoms with van der Waals surface area (Å²) in [5, 5.41) is 8.41. The first kappa shape index (κ1) is 25.0. The highest BCUT2D eigenvalue weighted by Gasteiger charge is 2.25. The van der Waals surface area contributed by atoms with E-state index in [0.29, 0.717) is 16.4 Å². The first-order chi connectivity index (χ1) is 17.9. The van der Waals surface area contributed by atoms with Crippen LogP contribution in [0.15, 0.2) is 88.8 Å². The quantitative estimate of drug-likeness (QED) is 0.216. The summed E-state index contributed by atoms with van der Waals surface area (Å²) in [6.45, 7) is 1.91. The monoisotopic (exact) mass is 579 g/mol. The molecule has 1 amide bonds. The zero-order chi connectivity index (χ0) is 25.9. The number of benzene rings is 3. The number of carbonyl (C=O) groups is 1. The van der Waals surface area contributed by atoms with Crippen LogP contribution < -0.4 is 14.8 Å². The number of hydrogen-bond acceptors (Lipinski definition) is 5. The van der Waals surface area contributed by atoms with E-state index in [4.69, 9.17) is 9.47 Å². The molecule has 0 bridgehead atoms. The highest BCUT2D eigenvalue weighted by molar-refractivity contribution is 9.11. The Morgan fingerprint density at radius 3 is 2.59 bits per heavy atom. The van der Waals surface area contributed by atoms with Crippen molar-refractivity contribution in [2.75, 3.05) is 7.11 Å². The van der Waals surface area contributed by atoms with Crippen molar-refractivity contribution in [3.63, 3.8) is 0 Å². The standard InChI is InChI=1S/C28H23BrFN3O3S/c1-17(32-28(34)25-12-13-26(29)37-25)27(18-4-3-5-22(14-18)35-2)36-23-10-11-24-19(15-23)16-31-33(24)21-8-6-20(30)7-9-21/h3-17,27H,1-2H3,(H,32,34)/t17-,27+/m0/s1. The molecule has 188 valence electrons. The van der Waals surface area contributed by atoms with Crippen molar-refractivity contribution in [2.45, 2.75) is 19.1 Å². The van der Waals surface area contributed by atoms with Gasteiger partial charge in [0.15, 0.2) is 0 Å². The molecule has 3 aromatic carbocycles. The number of nitrogens with zero attached hydrogens (tertiary/aromatic N) is 2. The molecule has 6 nitrogen and oxygen atoms in total. The van der Waals surface area contributed by atoms with Gasteiger partial charge in [-0.25, -0.2) is 9.07 Å². The van der Waals surface area contributed by atoms with Gasteiger partial charge in [-0.3, -0.25) is 4.79 Å². The normalized spacial score (nSPS) is 12.8. The van der Waals surface area contributed by atoms with Crippen molar-refractivity contribution in [3.8, 4) is 17.2 Å². The number of thiophene rings is 1. The minimum atomic E-state index is -0.493. The smallest absolute Gasteiger partial charge is 0.261 e. The van der Waals surface area contributed by atoms with E-state index in [-0.39, 0.29) is 17.8 Å². The van der Waals surface area contributed by atoms with Crippen molar-refractivity contribution >= 4 is 44.1 Å². The predicted octanol–water partition coefficient (Wildman–Crippen LogP) is 6.94. The van der Waals surface area contributed by atoms with Crippen LogP contribution in [0.2, 0.25) is 0 Å². The van der Waals surface area contributed by atoms with Gasteiger partial charge in [-0.1, -0.05) is 12.1 Å². The maximum atomic E-state index is 13.4. The van der Waals surface area contributed by atoms with Crippen LogP contribution in [-0.2, 0) is 0 Å². The molecule has 5 rings (SSSR count). The molecule has 0 saturated heterocycles. The minimum Gasteiger partial charge on any atom is -0.497 e. The summed E-state index contributed by atoms with van der Waals surface area (Å²) in [6.07, 6.45) is 1.25. The molecular formula is C28H23BrFN3O3S. The van der Waals surface area contributed by atoms with E-state index in [9.17, 15) is 9.18 Å². The van der Waals surface area contributed by atoms with E-state index >= 15 is 0 Å². The van der Waals surface area contributed by atoms with Gasteiger partial charge >= 0.3 is 0 Å². The summed E-state index contributed by atoms with van der Waals surface area (Å²) in [4.78, 5) is 13.5. The number of ether oxygens (including phenoxy) is 2. The van der Waals surface area contributed by atoms with E-state index in [2.05, 4.69) is 26.3 Å². The predicted molar refractivity (Wildman–Crippen MR) is 146 cm³/mol. The lowest BCUT2D eigenvalue weighted by Gasteiger charge is -2.27. The van der Waals surface area contributed by atoms with Crippen molar-refractivity contribution in [3.05, 3.63) is 105 Å². The van der Waals surface area contributed by atoms with E-state index in [1.165, 1.54) is 23.5 Å². The number of hydrogen-bond donors (Lipinski definition) is 1. The lowest BCUT2D eigenvalue weighted by atomic mass is 10.0. The lowest BCUT2D eigenvalue weighted by molar-refractivity contribution is 0.0886. The Balaban J connectivity index is 1.44. The van der Waals surface area contributed by atoms with Gasteiger partial charge < -0.3 is 14.8 Å². The van der Waals surface area contributed by atoms with Gasteiger partial charge in [-0.2, -0.15) is 5.10 Å². The Morgan fingerprint density at radius 2 is 1.86 bits per heavy atom. The maximum Gasteiger partial charge on any atom is 0.261 e. The summed E-state index contributed by atoms with van der Waals surface area (Å²) >= 11 is 4.78. The Kier molecular flexibility index (Phi) is 7.25. The average Bonchev–Trinajstić information content (AvgIpc) is 3.54. The molecule has 37 heavy (non-hydrogen) atoms. The van der Waals surface area contributed by atoms with Gasteiger partial charge in [0, 0.05) is 5.39 Å². The zero-order valence-electron chi connectivity index (χ0n) is 20.0. The molecule has 2 heterocycles. The molecule has 0 fully saturated rings. The van der Waals surface area contributed by atoms with Crippen LogP contribution in [0.25, 0.3) is 16.6 Å². The molecule has 0 aliphatic heterocycles. The van der Waals surface area contributed by atoms with E-state index < -0.39 is 6.10 Å². The van der Waals surface area contributed by atoms with E-state index in [0.717, 1.165) is 25.9 Å². The number of nitrogens with one attached hydrogen (secondary N) is 1. The lowest BCUT2D eigenvalue weighted by Crippen LogP contribution is -2.39. The SMILES string of the molecule is COc1cccc([C@H](Oc2ccc3c(cnn3-c3ccc(F)cc3)c2)[C@H](C)NC(=O)c2ccc(Br)s2)c1. The number of methoxy groups -OCH3 is 1. The van der Waals surface area contributed by atoms with Crippen LogP contribution in [0, 0.1) is 5.82 Å². The number of carbonyl (C=O) groups excluding carboxylic acids is 1. The summed E-state index contributed by atoms with van der Waals surface area (Å²) in [7, 11) is 1.61. The third-order valence-electron chi connectivity index (χ3n) is 5.91. The highest BCUT2D eigenvalue weighted by atomic mass is 79.9. The molecule has 5 aromatic rings. The Morgan fingerprint density at radius 1 is 1.05 bits per heavy atom. The molecule has 2 atom stereocenters. The third kappa shape index (κ3) is 5.52. The first-order valence-corrected chi connectivity index (χ1v) is 13.1. The fourth-order valence-electron chi connectivity index (χ4n) is 4.09. The van der Waals surface area contributed by atoms with Crippen molar-refractivity contribution in [1.29, 1.82) is 0 Å². The van der Waals surface area contributed by atoms with E-state index in [1.54, 1.807) is 36.2 Å². The molecule has 0 radical (unpaired) electrons. The van der Waals surface area contributed by atoms with Crippen molar-refractivity contribution in [1.82, 2.24) is 15.1 Å². The van der Waals surface area contributed by atoms with Gasteiger partial charge in [0.1, 0.15) is 23.4 Å². The fourth-order valence-corrected chi connectivity index (χ4v) is 5.38. The Labute approximate surface area is 225 Å². The summed E-state index contributed by atoms with van der Waals surface area (Å²) in [5.74, 6) is 0.852. The van der Waals surface area contributed by atoms with Gasteiger partial charge in [-0.15, -0.1) is 11.3 Å². The second-order valence-corrected chi connectivity index (χ2v) is 10.9. The third-order valence-corrected chi connectivity index (χ3v) is 7.53. The van der Waals surface area contributed by atoms with E-state index in [1.807, 2.05) is 55.5 Å². The number of rotatable bonds is 8. The zero-order valence-corrected chi connectivity index (χ0v) is 22.4. The molecule has 0 aliphatic rings. The number of halogens is 2. The second kappa shape index (κ2) is 10.7.